The topological polar surface area (TPSA) is 89.5 Å². The van der Waals surface area contributed by atoms with Crippen molar-refractivity contribution in [1.29, 1.82) is 0 Å². The van der Waals surface area contributed by atoms with Gasteiger partial charge in [-0.15, -0.1) is 0 Å². The molecule has 1 amide bonds. The molecule has 0 spiro atoms. The van der Waals surface area contributed by atoms with E-state index in [0.717, 1.165) is 6.07 Å². The summed E-state index contributed by atoms with van der Waals surface area (Å²) in [5, 5.41) is 1.73. The fraction of sp³-hybridized carbons (Fsp3) is 0.222. The van der Waals surface area contributed by atoms with E-state index in [2.05, 4.69) is 0 Å². The average Bonchev–Trinajstić information content (AvgIpc) is 2.64. The number of Topliss-reactive ketones (excluding diaryl/α,β-unsaturated/α-hetero) is 1. The first-order chi connectivity index (χ1) is 13.5. The lowest BCUT2D eigenvalue weighted by atomic mass is 9.94. The summed E-state index contributed by atoms with van der Waals surface area (Å²) in [7, 11) is 2.45. The molecule has 2 aromatic rings. The first-order valence-corrected chi connectivity index (χ1v) is 10.3. The number of rotatable bonds is 7. The third-order valence-electron chi connectivity index (χ3n) is 3.82. The predicted octanol–water partition coefficient (Wildman–Crippen LogP) is 4.00. The molecule has 0 fully saturated rings. The Morgan fingerprint density at radius 3 is 2.28 bits per heavy atom. The van der Waals surface area contributed by atoms with Gasteiger partial charge >= 0.3 is 12.1 Å². The van der Waals surface area contributed by atoms with Crippen LogP contribution >= 0.6 is 10.7 Å². The highest BCUT2D eigenvalue weighted by Crippen LogP contribution is 2.36. The number of nitrogens with one attached hydrogen (secondary N) is 1. The van der Waals surface area contributed by atoms with E-state index in [9.17, 15) is 31.2 Å². The number of carbonyl (C=O) groups excluding carboxylic acids is 2. The van der Waals surface area contributed by atoms with Crippen molar-refractivity contribution < 1.29 is 35.9 Å². The summed E-state index contributed by atoms with van der Waals surface area (Å²) in [6, 6.07) is 9.14. The molecule has 2 aromatic carbocycles. The van der Waals surface area contributed by atoms with Crippen LogP contribution in [0.2, 0.25) is 0 Å². The van der Waals surface area contributed by atoms with Gasteiger partial charge in [-0.1, -0.05) is 30.3 Å². The van der Waals surface area contributed by atoms with Crippen LogP contribution in [0, 0.1) is 0 Å². The third kappa shape index (κ3) is 5.55. The maximum atomic E-state index is 12.7. The van der Waals surface area contributed by atoms with E-state index >= 15 is 0 Å². The molecular weight excluding hydrogens is 435 g/mol. The highest BCUT2D eigenvalue weighted by molar-refractivity contribution is 8.13. The van der Waals surface area contributed by atoms with Crippen LogP contribution in [-0.2, 0) is 18.6 Å². The predicted molar refractivity (Wildman–Crippen MR) is 100 cm³/mol. The van der Waals surface area contributed by atoms with Gasteiger partial charge in [0.25, 0.3) is 9.05 Å². The largest absolute Gasteiger partial charge is 0.471 e. The second-order valence-corrected chi connectivity index (χ2v) is 8.31. The number of carbonyl (C=O) groups is 2. The lowest BCUT2D eigenvalue weighted by Gasteiger charge is -2.16. The molecule has 0 bridgehead atoms. The van der Waals surface area contributed by atoms with E-state index in [1.165, 1.54) is 43.5 Å². The van der Waals surface area contributed by atoms with Crippen molar-refractivity contribution in [2.75, 3.05) is 19.0 Å². The molecule has 0 radical (unpaired) electrons. The zero-order chi connectivity index (χ0) is 21.8. The molecule has 6 nitrogen and oxygen atoms in total. The van der Waals surface area contributed by atoms with Crippen molar-refractivity contribution in [2.45, 2.75) is 17.5 Å². The lowest BCUT2D eigenvalue weighted by Crippen LogP contribution is -2.30. The molecule has 0 saturated heterocycles. The monoisotopic (exact) mass is 449 g/mol. The van der Waals surface area contributed by atoms with Crippen molar-refractivity contribution in [3.8, 4) is 11.1 Å². The Balaban J connectivity index is 2.70. The average molecular weight is 450 g/mol. The van der Waals surface area contributed by atoms with Gasteiger partial charge in [0, 0.05) is 41.0 Å². The van der Waals surface area contributed by atoms with Crippen molar-refractivity contribution in [3.63, 3.8) is 0 Å². The molecule has 0 aromatic heterocycles. The van der Waals surface area contributed by atoms with E-state index in [1.807, 2.05) is 0 Å². The van der Waals surface area contributed by atoms with Crippen LogP contribution in [0.25, 0.3) is 11.1 Å². The first kappa shape index (κ1) is 22.9. The molecule has 0 heterocycles. The quantitative estimate of drug-likeness (QED) is 0.509. The summed E-state index contributed by atoms with van der Waals surface area (Å²) in [6.07, 6.45) is -5.32. The number of amides is 1. The Bertz CT molecular complexity index is 1040. The molecule has 0 aliphatic rings. The fourth-order valence-electron chi connectivity index (χ4n) is 2.59. The third-order valence-corrected chi connectivity index (χ3v) is 5.19. The Hall–Kier alpha value is -2.43. The normalized spacial score (nSPS) is 11.9. The minimum Gasteiger partial charge on any atom is -0.384 e. The number of hydrogen-bond donors (Lipinski definition) is 1. The summed E-state index contributed by atoms with van der Waals surface area (Å²) in [4.78, 5) is 23.6. The van der Waals surface area contributed by atoms with E-state index in [0.29, 0.717) is 0 Å². The molecule has 2 rings (SSSR count). The van der Waals surface area contributed by atoms with E-state index in [4.69, 9.17) is 15.4 Å². The van der Waals surface area contributed by atoms with Crippen molar-refractivity contribution >= 4 is 37.1 Å². The zero-order valence-corrected chi connectivity index (χ0v) is 16.5. The fourth-order valence-corrected chi connectivity index (χ4v) is 3.68. The zero-order valence-electron chi connectivity index (χ0n) is 14.9. The van der Waals surface area contributed by atoms with Gasteiger partial charge in [-0.05, 0) is 17.7 Å². The number of ketones is 1. The van der Waals surface area contributed by atoms with Crippen LogP contribution in [0.4, 0.5) is 18.9 Å². The standard InChI is InChI=1S/C18H15ClF3NO5S/c1-28-10-9-14(24)16-12(6-4-8-15(16)29(19,26)27)11-5-2-3-7-13(11)23-17(25)18(20,21)22/h2-8H,9-10H2,1H3,(H,23,25). The molecule has 1 N–H and O–H groups in total. The molecular formula is C18H15ClF3NO5S. The summed E-state index contributed by atoms with van der Waals surface area (Å²) in [6.45, 7) is -0.0125. The minimum absolute atomic E-state index is 0.00547. The smallest absolute Gasteiger partial charge is 0.384 e. The summed E-state index contributed by atoms with van der Waals surface area (Å²) in [5.74, 6) is -2.85. The van der Waals surface area contributed by atoms with Crippen LogP contribution in [0.15, 0.2) is 47.4 Å². The lowest BCUT2D eigenvalue weighted by molar-refractivity contribution is -0.167. The summed E-state index contributed by atoms with van der Waals surface area (Å²) in [5.41, 5.74) is -0.521. The number of ether oxygens (including phenoxy) is 1. The molecule has 0 saturated carbocycles. The molecule has 11 heteroatoms. The van der Waals surface area contributed by atoms with Gasteiger partial charge in [-0.25, -0.2) is 8.42 Å². The van der Waals surface area contributed by atoms with E-state index < -0.39 is 31.8 Å². The number of para-hydroxylation sites is 1. The molecule has 0 aliphatic carbocycles. The van der Waals surface area contributed by atoms with E-state index in [1.54, 1.807) is 5.32 Å². The van der Waals surface area contributed by atoms with Gasteiger partial charge in [0.2, 0.25) is 0 Å². The molecule has 29 heavy (non-hydrogen) atoms. The van der Waals surface area contributed by atoms with Crippen LogP contribution in [0.3, 0.4) is 0 Å². The van der Waals surface area contributed by atoms with Gasteiger partial charge in [0.05, 0.1) is 11.5 Å². The number of hydrogen-bond acceptors (Lipinski definition) is 5. The van der Waals surface area contributed by atoms with Gasteiger partial charge in [0.15, 0.2) is 5.78 Å². The van der Waals surface area contributed by atoms with Crippen LogP contribution in [-0.4, -0.2) is 40.0 Å². The Morgan fingerprint density at radius 1 is 1.07 bits per heavy atom. The Labute approximate surface area is 169 Å². The molecule has 0 aliphatic heterocycles. The van der Waals surface area contributed by atoms with Crippen LogP contribution < -0.4 is 5.32 Å². The number of halogens is 4. The van der Waals surface area contributed by atoms with Gasteiger partial charge in [-0.2, -0.15) is 13.2 Å². The highest BCUT2D eigenvalue weighted by Gasteiger charge is 2.39. The van der Waals surface area contributed by atoms with Crippen LogP contribution in [0.1, 0.15) is 16.8 Å². The molecule has 0 atom stereocenters. The Kier molecular flexibility index (Phi) is 7.04. The number of alkyl halides is 3. The van der Waals surface area contributed by atoms with Gasteiger partial charge in [0.1, 0.15) is 0 Å². The van der Waals surface area contributed by atoms with Crippen molar-refractivity contribution in [1.82, 2.24) is 0 Å². The number of anilines is 1. The van der Waals surface area contributed by atoms with Crippen molar-refractivity contribution in [3.05, 3.63) is 48.0 Å². The van der Waals surface area contributed by atoms with Gasteiger partial charge < -0.3 is 10.1 Å². The first-order valence-electron chi connectivity index (χ1n) is 8.04. The molecule has 0 unspecified atom stereocenters. The summed E-state index contributed by atoms with van der Waals surface area (Å²) < 4.78 is 66.8. The SMILES string of the molecule is COCCC(=O)c1c(-c2ccccc2NC(=O)C(F)(F)F)cccc1S(=O)(=O)Cl. The van der Waals surface area contributed by atoms with E-state index in [-0.39, 0.29) is 35.4 Å². The van der Waals surface area contributed by atoms with Gasteiger partial charge in [-0.3, -0.25) is 9.59 Å². The van der Waals surface area contributed by atoms with Crippen LogP contribution in [0.5, 0.6) is 0 Å². The second kappa shape index (κ2) is 8.93. The molecule has 156 valence electrons. The minimum atomic E-state index is -5.13. The van der Waals surface area contributed by atoms with Crippen molar-refractivity contribution in [2.24, 2.45) is 0 Å². The number of benzene rings is 2. The Morgan fingerprint density at radius 2 is 1.69 bits per heavy atom. The second-order valence-electron chi connectivity index (χ2n) is 5.78. The number of methoxy groups -OCH3 is 1. The summed E-state index contributed by atoms with van der Waals surface area (Å²) >= 11 is 0. The maximum absolute atomic E-state index is 12.7. The maximum Gasteiger partial charge on any atom is 0.471 e. The highest BCUT2D eigenvalue weighted by atomic mass is 35.7.